The molecule has 0 radical (unpaired) electrons. The van der Waals surface area contributed by atoms with Crippen molar-refractivity contribution in [2.24, 2.45) is 0 Å². The van der Waals surface area contributed by atoms with Gasteiger partial charge in [0.05, 0.1) is 31.4 Å². The summed E-state index contributed by atoms with van der Waals surface area (Å²) in [5.41, 5.74) is 4.27. The molecule has 33 heavy (non-hydrogen) atoms. The molecular weight excluding hydrogens is 480 g/mol. The van der Waals surface area contributed by atoms with Gasteiger partial charge in [-0.3, -0.25) is 4.40 Å². The summed E-state index contributed by atoms with van der Waals surface area (Å²) in [5, 5.41) is 1.06. The number of ether oxygens (including phenoxy) is 2. The van der Waals surface area contributed by atoms with Gasteiger partial charge in [0.1, 0.15) is 17.8 Å². The van der Waals surface area contributed by atoms with Crippen molar-refractivity contribution in [3.63, 3.8) is 0 Å². The van der Waals surface area contributed by atoms with Gasteiger partial charge in [-0.15, -0.1) is 0 Å². The molecule has 166 valence electrons. The third-order valence-corrected chi connectivity index (χ3v) is 6.15. The maximum Gasteiger partial charge on any atom is 0.212 e. The van der Waals surface area contributed by atoms with E-state index in [4.69, 9.17) is 14.5 Å². The second-order valence-electron chi connectivity index (χ2n) is 7.77. The van der Waals surface area contributed by atoms with Gasteiger partial charge in [-0.1, -0.05) is 40.2 Å². The minimum atomic E-state index is 0.679. The van der Waals surface area contributed by atoms with Gasteiger partial charge >= 0.3 is 0 Å². The smallest absolute Gasteiger partial charge is 0.212 e. The van der Waals surface area contributed by atoms with E-state index in [1.165, 1.54) is 0 Å². The van der Waals surface area contributed by atoms with Crippen LogP contribution < -0.4 is 14.4 Å². The van der Waals surface area contributed by atoms with Crippen LogP contribution in [0, 0.1) is 0 Å². The average Bonchev–Trinajstić information content (AvgIpc) is 3.35. The minimum absolute atomic E-state index is 0.679. The first-order valence-corrected chi connectivity index (χ1v) is 11.4. The predicted octanol–water partition coefficient (Wildman–Crippen LogP) is 5.87. The monoisotopic (exact) mass is 502 g/mol. The van der Waals surface area contributed by atoms with Gasteiger partial charge in [-0.2, -0.15) is 0 Å². The van der Waals surface area contributed by atoms with Crippen LogP contribution in [0.2, 0.25) is 0 Å². The number of hydrogen-bond donors (Lipinski definition) is 0. The van der Waals surface area contributed by atoms with Gasteiger partial charge in [0.25, 0.3) is 0 Å². The zero-order chi connectivity index (χ0) is 22.8. The van der Waals surface area contributed by atoms with Crippen molar-refractivity contribution in [3.8, 4) is 11.5 Å². The Hall–Kier alpha value is -3.58. The van der Waals surface area contributed by atoms with Crippen molar-refractivity contribution in [2.75, 3.05) is 19.1 Å². The van der Waals surface area contributed by atoms with Crippen molar-refractivity contribution in [3.05, 3.63) is 94.9 Å². The molecule has 0 atom stereocenters. The molecule has 0 spiro atoms. The molecule has 0 aliphatic heterocycles. The van der Waals surface area contributed by atoms with Crippen LogP contribution in [0.4, 0.5) is 5.95 Å². The molecule has 0 saturated heterocycles. The Morgan fingerprint density at radius 2 is 1.45 bits per heavy atom. The summed E-state index contributed by atoms with van der Waals surface area (Å²) < 4.78 is 13.7. The number of imidazole rings is 1. The molecule has 0 unspecified atom stereocenters. The molecule has 0 bridgehead atoms. The highest BCUT2D eigenvalue weighted by Crippen LogP contribution is 2.28. The second-order valence-corrected chi connectivity index (χ2v) is 8.69. The highest BCUT2D eigenvalue weighted by Gasteiger charge is 2.17. The summed E-state index contributed by atoms with van der Waals surface area (Å²) in [6, 6.07) is 22.4. The van der Waals surface area contributed by atoms with Crippen LogP contribution in [0.1, 0.15) is 11.1 Å². The van der Waals surface area contributed by atoms with Gasteiger partial charge in [0.15, 0.2) is 0 Å². The third kappa shape index (κ3) is 4.36. The minimum Gasteiger partial charge on any atom is -0.497 e. The number of nitrogens with zero attached hydrogens (tertiary/aromatic N) is 4. The van der Waals surface area contributed by atoms with Crippen molar-refractivity contribution < 1.29 is 9.47 Å². The Kier molecular flexibility index (Phi) is 5.88. The van der Waals surface area contributed by atoms with Crippen LogP contribution in [0.5, 0.6) is 11.5 Å². The number of halogens is 1. The van der Waals surface area contributed by atoms with Gasteiger partial charge < -0.3 is 14.4 Å². The molecule has 5 rings (SSSR count). The standard InChI is InChI=1S/C26H23BrN4O2/c1-32-21-8-3-18(4-9-21)15-30(16-19-5-10-22(33-2)11-6-19)26-29-24-12-7-20(27)13-23(24)25-14-28-17-31(25)26/h3-14,17H,15-16H2,1-2H3. The van der Waals surface area contributed by atoms with Crippen LogP contribution >= 0.6 is 15.9 Å². The van der Waals surface area contributed by atoms with E-state index in [2.05, 4.69) is 60.5 Å². The van der Waals surface area contributed by atoms with E-state index in [0.717, 1.165) is 49.5 Å². The summed E-state index contributed by atoms with van der Waals surface area (Å²) >= 11 is 3.58. The molecule has 7 heteroatoms. The Labute approximate surface area is 200 Å². The lowest BCUT2D eigenvalue weighted by Gasteiger charge is -2.25. The quantitative estimate of drug-likeness (QED) is 0.278. The van der Waals surface area contributed by atoms with Crippen molar-refractivity contribution in [1.29, 1.82) is 0 Å². The highest BCUT2D eigenvalue weighted by atomic mass is 79.9. The van der Waals surface area contributed by atoms with Gasteiger partial charge in [0.2, 0.25) is 5.95 Å². The normalized spacial score (nSPS) is 11.1. The largest absolute Gasteiger partial charge is 0.497 e. The lowest BCUT2D eigenvalue weighted by Crippen LogP contribution is -2.25. The van der Waals surface area contributed by atoms with E-state index in [0.29, 0.717) is 13.1 Å². The molecule has 0 fully saturated rings. The van der Waals surface area contributed by atoms with E-state index >= 15 is 0 Å². The summed E-state index contributed by atoms with van der Waals surface area (Å²) in [7, 11) is 3.36. The first-order valence-electron chi connectivity index (χ1n) is 10.6. The van der Waals surface area contributed by atoms with Gasteiger partial charge in [-0.25, -0.2) is 9.97 Å². The summed E-state index contributed by atoms with van der Waals surface area (Å²) in [4.78, 5) is 11.8. The fraction of sp³-hybridized carbons (Fsp3) is 0.154. The molecule has 2 heterocycles. The zero-order valence-corrected chi connectivity index (χ0v) is 20.0. The number of benzene rings is 3. The highest BCUT2D eigenvalue weighted by molar-refractivity contribution is 9.10. The fourth-order valence-electron chi connectivity index (χ4n) is 3.95. The Morgan fingerprint density at radius 3 is 2.03 bits per heavy atom. The summed E-state index contributed by atoms with van der Waals surface area (Å²) in [6.07, 6.45) is 3.71. The molecule has 6 nitrogen and oxygen atoms in total. The van der Waals surface area contributed by atoms with Crippen LogP contribution in [-0.4, -0.2) is 28.6 Å². The number of fused-ring (bicyclic) bond motifs is 3. The number of rotatable bonds is 7. The first-order chi connectivity index (χ1) is 16.1. The Morgan fingerprint density at radius 1 is 0.848 bits per heavy atom. The molecule has 0 N–H and O–H groups in total. The SMILES string of the molecule is COc1ccc(CN(Cc2ccc(OC)cc2)c2nc3ccc(Br)cc3c3cncn23)cc1. The van der Waals surface area contributed by atoms with E-state index in [-0.39, 0.29) is 0 Å². The maximum absolute atomic E-state index is 5.33. The molecule has 0 amide bonds. The van der Waals surface area contributed by atoms with Crippen molar-refractivity contribution in [1.82, 2.24) is 14.4 Å². The van der Waals surface area contributed by atoms with Gasteiger partial charge in [-0.05, 0) is 53.6 Å². The third-order valence-electron chi connectivity index (χ3n) is 5.66. The van der Waals surface area contributed by atoms with Crippen LogP contribution in [0.3, 0.4) is 0 Å². The summed E-state index contributed by atoms with van der Waals surface area (Å²) in [6.45, 7) is 1.36. The molecular formula is C26H23BrN4O2. The van der Waals surface area contributed by atoms with Crippen LogP contribution in [-0.2, 0) is 13.1 Å². The van der Waals surface area contributed by atoms with E-state index < -0.39 is 0 Å². The van der Waals surface area contributed by atoms with E-state index in [1.54, 1.807) is 14.2 Å². The fourth-order valence-corrected chi connectivity index (χ4v) is 4.31. The average molecular weight is 503 g/mol. The van der Waals surface area contributed by atoms with Crippen LogP contribution in [0.25, 0.3) is 16.4 Å². The lowest BCUT2D eigenvalue weighted by molar-refractivity contribution is 0.414. The molecule has 0 aliphatic carbocycles. The summed E-state index contributed by atoms with van der Waals surface area (Å²) in [5.74, 6) is 2.52. The number of aromatic nitrogens is 3. The van der Waals surface area contributed by atoms with Crippen molar-refractivity contribution >= 4 is 38.3 Å². The molecule has 2 aromatic heterocycles. The first kappa shape index (κ1) is 21.3. The maximum atomic E-state index is 5.33. The number of hydrogen-bond acceptors (Lipinski definition) is 5. The van der Waals surface area contributed by atoms with Crippen LogP contribution in [0.15, 0.2) is 83.7 Å². The number of methoxy groups -OCH3 is 2. The van der Waals surface area contributed by atoms with E-state index in [1.807, 2.05) is 48.9 Å². The topological polar surface area (TPSA) is 51.9 Å². The van der Waals surface area contributed by atoms with Crippen molar-refractivity contribution in [2.45, 2.75) is 13.1 Å². The lowest BCUT2D eigenvalue weighted by atomic mass is 10.1. The second kappa shape index (κ2) is 9.11. The Balaban J connectivity index is 1.60. The molecule has 0 aliphatic rings. The van der Waals surface area contributed by atoms with Gasteiger partial charge in [0, 0.05) is 22.9 Å². The van der Waals surface area contributed by atoms with E-state index in [9.17, 15) is 0 Å². The number of anilines is 1. The zero-order valence-electron chi connectivity index (χ0n) is 18.4. The predicted molar refractivity (Wildman–Crippen MR) is 134 cm³/mol. The molecule has 0 saturated carbocycles. The molecule has 3 aromatic carbocycles. The molecule has 5 aromatic rings. The Bertz CT molecular complexity index is 1350.